The van der Waals surface area contributed by atoms with Gasteiger partial charge in [0.25, 0.3) is 0 Å². The molecule has 3 rings (SSSR count). The van der Waals surface area contributed by atoms with Gasteiger partial charge in [0.1, 0.15) is 11.6 Å². The number of amides is 2. The lowest BCUT2D eigenvalue weighted by Crippen LogP contribution is -2.71. The second-order valence-electron chi connectivity index (χ2n) is 6.26. The van der Waals surface area contributed by atoms with Crippen molar-refractivity contribution >= 4 is 23.6 Å². The minimum absolute atomic E-state index is 0.0761. The SMILES string of the molecule is CCC1C(=O)NC2(CCCC2)C(=O)N1C1CCSCC1. The van der Waals surface area contributed by atoms with E-state index in [0.717, 1.165) is 56.5 Å². The zero-order chi connectivity index (χ0) is 14.2. The number of thioether (sulfide) groups is 1. The Morgan fingerprint density at radius 2 is 1.90 bits per heavy atom. The fourth-order valence-corrected chi connectivity index (χ4v) is 5.05. The molecule has 1 aliphatic carbocycles. The van der Waals surface area contributed by atoms with Crippen LogP contribution in [0.5, 0.6) is 0 Å². The second-order valence-corrected chi connectivity index (χ2v) is 7.48. The third-order valence-electron chi connectivity index (χ3n) is 5.07. The first-order chi connectivity index (χ1) is 9.68. The van der Waals surface area contributed by atoms with E-state index in [4.69, 9.17) is 0 Å². The Morgan fingerprint density at radius 1 is 1.25 bits per heavy atom. The molecule has 0 aromatic heterocycles. The number of hydrogen-bond acceptors (Lipinski definition) is 3. The van der Waals surface area contributed by atoms with Crippen LogP contribution in [-0.4, -0.2) is 45.8 Å². The molecule has 4 nitrogen and oxygen atoms in total. The van der Waals surface area contributed by atoms with Crippen molar-refractivity contribution in [3.8, 4) is 0 Å². The molecule has 2 saturated heterocycles. The summed E-state index contributed by atoms with van der Waals surface area (Å²) in [6.45, 7) is 2.01. The summed E-state index contributed by atoms with van der Waals surface area (Å²) < 4.78 is 0. The van der Waals surface area contributed by atoms with Gasteiger partial charge in [0.05, 0.1) is 0 Å². The summed E-state index contributed by atoms with van der Waals surface area (Å²) in [6.07, 6.45) is 6.55. The lowest BCUT2D eigenvalue weighted by molar-refractivity contribution is -0.158. The zero-order valence-electron chi connectivity index (χ0n) is 12.2. The summed E-state index contributed by atoms with van der Waals surface area (Å²) in [7, 11) is 0. The summed E-state index contributed by atoms with van der Waals surface area (Å²) >= 11 is 1.96. The molecule has 2 heterocycles. The smallest absolute Gasteiger partial charge is 0.249 e. The Hall–Kier alpha value is -0.710. The van der Waals surface area contributed by atoms with E-state index in [1.54, 1.807) is 0 Å². The van der Waals surface area contributed by atoms with E-state index >= 15 is 0 Å². The summed E-state index contributed by atoms with van der Waals surface area (Å²) in [6, 6.07) is 0.0269. The van der Waals surface area contributed by atoms with Crippen LogP contribution in [0, 0.1) is 0 Å². The number of carbonyl (C=O) groups is 2. The van der Waals surface area contributed by atoms with Crippen LogP contribution in [0.4, 0.5) is 0 Å². The quantitative estimate of drug-likeness (QED) is 0.847. The average molecular weight is 296 g/mol. The van der Waals surface area contributed by atoms with Gasteiger partial charge in [-0.3, -0.25) is 9.59 Å². The highest BCUT2D eigenvalue weighted by molar-refractivity contribution is 7.99. The van der Waals surface area contributed by atoms with E-state index in [1.165, 1.54) is 0 Å². The number of carbonyl (C=O) groups excluding carboxylic acids is 2. The second kappa shape index (κ2) is 5.58. The Morgan fingerprint density at radius 3 is 2.50 bits per heavy atom. The third-order valence-corrected chi connectivity index (χ3v) is 6.12. The molecule has 0 aromatic rings. The van der Waals surface area contributed by atoms with Crippen molar-refractivity contribution < 1.29 is 9.59 Å². The van der Waals surface area contributed by atoms with Gasteiger partial charge in [0.15, 0.2) is 0 Å². The zero-order valence-corrected chi connectivity index (χ0v) is 13.0. The average Bonchev–Trinajstić information content (AvgIpc) is 2.93. The minimum Gasteiger partial charge on any atom is -0.340 e. The molecule has 3 fully saturated rings. The lowest BCUT2D eigenvalue weighted by atomic mass is 9.88. The van der Waals surface area contributed by atoms with Crippen molar-refractivity contribution in [2.45, 2.75) is 69.5 Å². The molecule has 0 radical (unpaired) electrons. The molecule has 2 aliphatic heterocycles. The predicted molar refractivity (Wildman–Crippen MR) is 80.6 cm³/mol. The van der Waals surface area contributed by atoms with Crippen molar-refractivity contribution in [1.82, 2.24) is 10.2 Å². The number of nitrogens with one attached hydrogen (secondary N) is 1. The van der Waals surface area contributed by atoms with Crippen LogP contribution in [-0.2, 0) is 9.59 Å². The number of nitrogens with zero attached hydrogens (tertiary/aromatic N) is 1. The van der Waals surface area contributed by atoms with Crippen LogP contribution in [0.2, 0.25) is 0 Å². The number of hydrogen-bond donors (Lipinski definition) is 1. The van der Waals surface area contributed by atoms with Crippen molar-refractivity contribution in [2.75, 3.05) is 11.5 Å². The molecule has 2 amide bonds. The molecule has 1 spiro atoms. The van der Waals surface area contributed by atoms with Gasteiger partial charge in [-0.2, -0.15) is 11.8 Å². The fraction of sp³-hybridized carbons (Fsp3) is 0.867. The highest BCUT2D eigenvalue weighted by atomic mass is 32.2. The molecular weight excluding hydrogens is 272 g/mol. The number of rotatable bonds is 2. The fourth-order valence-electron chi connectivity index (χ4n) is 3.97. The predicted octanol–water partition coefficient (Wildman–Crippen LogP) is 1.93. The van der Waals surface area contributed by atoms with Gasteiger partial charge in [0.2, 0.25) is 11.8 Å². The van der Waals surface area contributed by atoms with E-state index in [1.807, 2.05) is 23.6 Å². The van der Waals surface area contributed by atoms with E-state index in [9.17, 15) is 9.59 Å². The summed E-state index contributed by atoms with van der Waals surface area (Å²) in [5.41, 5.74) is -0.562. The van der Waals surface area contributed by atoms with Crippen LogP contribution in [0.3, 0.4) is 0 Å². The van der Waals surface area contributed by atoms with Crippen LogP contribution in [0.1, 0.15) is 51.9 Å². The molecular formula is C15H24N2O2S. The molecule has 0 aromatic carbocycles. The van der Waals surface area contributed by atoms with E-state index in [2.05, 4.69) is 5.32 Å². The highest BCUT2D eigenvalue weighted by Crippen LogP contribution is 2.37. The van der Waals surface area contributed by atoms with Crippen molar-refractivity contribution in [3.05, 3.63) is 0 Å². The Kier molecular flexibility index (Phi) is 3.98. The Balaban J connectivity index is 1.89. The van der Waals surface area contributed by atoms with Crippen molar-refractivity contribution in [1.29, 1.82) is 0 Å². The first-order valence-electron chi connectivity index (χ1n) is 7.90. The molecule has 0 bridgehead atoms. The molecule has 20 heavy (non-hydrogen) atoms. The van der Waals surface area contributed by atoms with Gasteiger partial charge in [-0.15, -0.1) is 0 Å². The first kappa shape index (κ1) is 14.2. The normalized spacial score (nSPS) is 30.9. The summed E-state index contributed by atoms with van der Waals surface area (Å²) in [5, 5.41) is 3.08. The number of piperazine rings is 1. The molecule has 1 atom stereocenters. The minimum atomic E-state index is -0.562. The van der Waals surface area contributed by atoms with Gasteiger partial charge < -0.3 is 10.2 Å². The topological polar surface area (TPSA) is 49.4 Å². The van der Waals surface area contributed by atoms with E-state index < -0.39 is 5.54 Å². The molecule has 5 heteroatoms. The highest BCUT2D eigenvalue weighted by Gasteiger charge is 2.53. The van der Waals surface area contributed by atoms with Gasteiger partial charge in [-0.25, -0.2) is 0 Å². The molecule has 1 unspecified atom stereocenters. The van der Waals surface area contributed by atoms with Gasteiger partial charge >= 0.3 is 0 Å². The molecule has 112 valence electrons. The lowest BCUT2D eigenvalue weighted by Gasteiger charge is -2.48. The summed E-state index contributed by atoms with van der Waals surface area (Å²) in [5.74, 6) is 2.50. The van der Waals surface area contributed by atoms with Crippen LogP contribution < -0.4 is 5.32 Å². The molecule has 1 saturated carbocycles. The maximum atomic E-state index is 13.1. The van der Waals surface area contributed by atoms with Gasteiger partial charge in [-0.05, 0) is 43.6 Å². The van der Waals surface area contributed by atoms with Crippen LogP contribution >= 0.6 is 11.8 Å². The Labute approximate surface area is 125 Å². The van der Waals surface area contributed by atoms with E-state index in [-0.39, 0.29) is 23.9 Å². The van der Waals surface area contributed by atoms with Crippen LogP contribution in [0.15, 0.2) is 0 Å². The monoisotopic (exact) mass is 296 g/mol. The standard InChI is InChI=1S/C15H24N2O2S/c1-2-12-13(18)16-15(7-3-4-8-15)14(19)17(12)11-5-9-20-10-6-11/h11-12H,2-10H2,1H3,(H,16,18). The first-order valence-corrected chi connectivity index (χ1v) is 9.06. The van der Waals surface area contributed by atoms with Crippen LogP contribution in [0.25, 0.3) is 0 Å². The van der Waals surface area contributed by atoms with Gasteiger partial charge in [0, 0.05) is 6.04 Å². The molecule has 3 aliphatic rings. The Bertz CT molecular complexity index is 401. The maximum absolute atomic E-state index is 13.1. The maximum Gasteiger partial charge on any atom is 0.249 e. The largest absolute Gasteiger partial charge is 0.340 e. The van der Waals surface area contributed by atoms with Gasteiger partial charge in [-0.1, -0.05) is 19.8 Å². The van der Waals surface area contributed by atoms with Crippen molar-refractivity contribution in [3.63, 3.8) is 0 Å². The van der Waals surface area contributed by atoms with E-state index in [0.29, 0.717) is 0 Å². The third kappa shape index (κ3) is 2.24. The summed E-state index contributed by atoms with van der Waals surface area (Å²) in [4.78, 5) is 27.5. The molecule has 1 N–H and O–H groups in total. The van der Waals surface area contributed by atoms with Crippen molar-refractivity contribution in [2.24, 2.45) is 0 Å².